The van der Waals surface area contributed by atoms with Crippen molar-refractivity contribution in [2.45, 2.75) is 13.5 Å². The summed E-state index contributed by atoms with van der Waals surface area (Å²) in [6.07, 6.45) is 1.73. The summed E-state index contributed by atoms with van der Waals surface area (Å²) in [5.74, 6) is 0.332. The fourth-order valence-corrected chi connectivity index (χ4v) is 3.40. The van der Waals surface area contributed by atoms with Crippen molar-refractivity contribution < 1.29 is 14.5 Å². The van der Waals surface area contributed by atoms with Gasteiger partial charge >= 0.3 is 0 Å². The Labute approximate surface area is 178 Å². The minimum atomic E-state index is -0.451. The minimum Gasteiger partial charge on any atom is -0.487 e. The summed E-state index contributed by atoms with van der Waals surface area (Å²) in [5, 5.41) is 11.6. The van der Waals surface area contributed by atoms with E-state index in [0.29, 0.717) is 28.1 Å². The van der Waals surface area contributed by atoms with Crippen LogP contribution in [0.4, 0.5) is 5.69 Å². The molecule has 2 aromatic carbocycles. The van der Waals surface area contributed by atoms with E-state index in [4.69, 9.17) is 28.6 Å². The van der Waals surface area contributed by atoms with Gasteiger partial charge in [-0.25, -0.2) is 0 Å². The van der Waals surface area contributed by atoms with Crippen LogP contribution in [0.25, 0.3) is 6.08 Å². The molecule has 1 fully saturated rings. The smallest absolute Gasteiger partial charge is 0.276 e. The van der Waals surface area contributed by atoms with Crippen molar-refractivity contribution in [2.24, 2.45) is 0 Å². The molecule has 0 aliphatic carbocycles. The normalized spacial score (nSPS) is 15.3. The average molecular weight is 432 g/mol. The molecule has 0 aromatic heterocycles. The number of halogens is 1. The van der Waals surface area contributed by atoms with E-state index >= 15 is 0 Å². The lowest BCUT2D eigenvalue weighted by Gasteiger charge is -2.13. The molecule has 9 heteroatoms. The van der Waals surface area contributed by atoms with Gasteiger partial charge in [-0.2, -0.15) is 0 Å². The monoisotopic (exact) mass is 431 g/mol. The fraction of sp³-hybridized carbons (Fsp3) is 0.200. The molecular weight excluding hydrogens is 414 g/mol. The summed E-state index contributed by atoms with van der Waals surface area (Å²) in [7, 11) is 1.75. The summed E-state index contributed by atoms with van der Waals surface area (Å²) in [4.78, 5) is 25.9. The number of benzene rings is 2. The van der Waals surface area contributed by atoms with E-state index in [1.165, 1.54) is 17.0 Å². The van der Waals surface area contributed by atoms with Crippen molar-refractivity contribution in [2.75, 3.05) is 13.6 Å². The minimum absolute atomic E-state index is 0.0247. The van der Waals surface area contributed by atoms with Crippen molar-refractivity contribution in [3.05, 3.63) is 74.4 Å². The highest BCUT2D eigenvalue weighted by molar-refractivity contribution is 7.80. The van der Waals surface area contributed by atoms with Gasteiger partial charge in [-0.3, -0.25) is 19.8 Å². The number of ether oxygens (including phenoxy) is 1. The first-order valence-corrected chi connectivity index (χ1v) is 9.57. The molecule has 29 heavy (non-hydrogen) atoms. The number of amides is 1. The SMILES string of the molecule is CCN1C(=O)/C(=C/c2ccc(OCc3ccc([N+](=O)[O-])cc3)c(Cl)c2)N(C)C1=S. The Kier molecular flexibility index (Phi) is 6.14. The second-order valence-electron chi connectivity index (χ2n) is 6.32. The summed E-state index contributed by atoms with van der Waals surface area (Å²) >= 11 is 11.6. The Hall–Kier alpha value is -2.97. The van der Waals surface area contributed by atoms with Gasteiger partial charge in [0.1, 0.15) is 18.1 Å². The van der Waals surface area contributed by atoms with Gasteiger partial charge in [0.15, 0.2) is 5.11 Å². The third-order valence-corrected chi connectivity index (χ3v) is 5.25. The van der Waals surface area contributed by atoms with Crippen LogP contribution in [0.3, 0.4) is 0 Å². The number of nitro benzene ring substituents is 1. The van der Waals surface area contributed by atoms with E-state index < -0.39 is 4.92 Å². The lowest BCUT2D eigenvalue weighted by Crippen LogP contribution is -2.30. The van der Waals surface area contributed by atoms with Gasteiger partial charge in [0.25, 0.3) is 11.6 Å². The van der Waals surface area contributed by atoms with Crippen molar-refractivity contribution >= 4 is 46.6 Å². The van der Waals surface area contributed by atoms with Crippen molar-refractivity contribution in [3.8, 4) is 5.75 Å². The van der Waals surface area contributed by atoms with Gasteiger partial charge in [0.05, 0.1) is 9.95 Å². The van der Waals surface area contributed by atoms with Gasteiger partial charge < -0.3 is 9.64 Å². The molecule has 0 unspecified atom stereocenters. The molecule has 2 aromatic rings. The van der Waals surface area contributed by atoms with Crippen molar-refractivity contribution in [1.82, 2.24) is 9.80 Å². The van der Waals surface area contributed by atoms with Crippen LogP contribution in [0.2, 0.25) is 5.02 Å². The van der Waals surface area contributed by atoms with Crippen LogP contribution in [-0.4, -0.2) is 39.3 Å². The molecule has 7 nitrogen and oxygen atoms in total. The first-order valence-electron chi connectivity index (χ1n) is 8.78. The first kappa shape index (κ1) is 20.8. The number of thiocarbonyl (C=S) groups is 1. The third kappa shape index (κ3) is 4.38. The van der Waals surface area contributed by atoms with E-state index in [-0.39, 0.29) is 18.2 Å². The molecular formula is C20H18ClN3O4S. The molecule has 1 saturated heterocycles. The molecule has 0 spiro atoms. The molecule has 1 aliphatic rings. The number of hydrogen-bond acceptors (Lipinski definition) is 5. The predicted octanol–water partition coefficient (Wildman–Crippen LogP) is 4.25. The summed E-state index contributed by atoms with van der Waals surface area (Å²) < 4.78 is 5.71. The Morgan fingerprint density at radius 2 is 1.93 bits per heavy atom. The maximum atomic E-state index is 12.5. The highest BCUT2D eigenvalue weighted by Crippen LogP contribution is 2.29. The van der Waals surface area contributed by atoms with Crippen LogP contribution in [0.15, 0.2) is 48.2 Å². The summed E-state index contributed by atoms with van der Waals surface area (Å²) in [6, 6.07) is 11.3. The second kappa shape index (κ2) is 8.59. The Balaban J connectivity index is 1.73. The number of nitrogens with zero attached hydrogens (tertiary/aromatic N) is 3. The Bertz CT molecular complexity index is 1010. The van der Waals surface area contributed by atoms with E-state index in [2.05, 4.69) is 0 Å². The molecule has 0 radical (unpaired) electrons. The standard InChI is InChI=1S/C20H18ClN3O4S/c1-3-23-19(25)17(22(2)20(23)29)11-14-6-9-18(16(21)10-14)28-12-13-4-7-15(8-5-13)24(26)27/h4-11H,3,12H2,1-2H3/b17-11-. The topological polar surface area (TPSA) is 75.9 Å². The molecule has 1 aliphatic heterocycles. The number of carbonyl (C=O) groups is 1. The zero-order chi connectivity index (χ0) is 21.1. The lowest BCUT2D eigenvalue weighted by molar-refractivity contribution is -0.384. The van der Waals surface area contributed by atoms with Gasteiger partial charge in [-0.1, -0.05) is 17.7 Å². The van der Waals surface area contributed by atoms with E-state index in [1.54, 1.807) is 48.4 Å². The van der Waals surface area contributed by atoms with Crippen LogP contribution >= 0.6 is 23.8 Å². The van der Waals surface area contributed by atoms with Crippen LogP contribution < -0.4 is 4.74 Å². The Morgan fingerprint density at radius 1 is 1.24 bits per heavy atom. The zero-order valence-corrected chi connectivity index (χ0v) is 17.4. The molecule has 1 amide bonds. The van der Waals surface area contributed by atoms with Gasteiger partial charge in [0, 0.05) is 25.7 Å². The van der Waals surface area contributed by atoms with Crippen molar-refractivity contribution in [1.29, 1.82) is 0 Å². The second-order valence-corrected chi connectivity index (χ2v) is 7.10. The van der Waals surface area contributed by atoms with Crippen LogP contribution in [0.1, 0.15) is 18.1 Å². The molecule has 0 saturated carbocycles. The zero-order valence-electron chi connectivity index (χ0n) is 15.8. The maximum Gasteiger partial charge on any atom is 0.276 e. The van der Waals surface area contributed by atoms with Crippen molar-refractivity contribution in [3.63, 3.8) is 0 Å². The predicted molar refractivity (Wildman–Crippen MR) is 115 cm³/mol. The maximum absolute atomic E-state index is 12.5. The number of hydrogen-bond donors (Lipinski definition) is 0. The highest BCUT2D eigenvalue weighted by Gasteiger charge is 2.34. The van der Waals surface area contributed by atoms with E-state index in [0.717, 1.165) is 11.1 Å². The van der Waals surface area contributed by atoms with Gasteiger partial charge in [0.2, 0.25) is 0 Å². The molecule has 1 heterocycles. The molecule has 0 atom stereocenters. The fourth-order valence-electron chi connectivity index (χ4n) is 2.85. The number of nitro groups is 1. The first-order chi connectivity index (χ1) is 13.8. The summed E-state index contributed by atoms with van der Waals surface area (Å²) in [5.41, 5.74) is 2.03. The highest BCUT2D eigenvalue weighted by atomic mass is 35.5. The third-order valence-electron chi connectivity index (χ3n) is 4.46. The van der Waals surface area contributed by atoms with Gasteiger partial charge in [-0.15, -0.1) is 0 Å². The average Bonchev–Trinajstić information content (AvgIpc) is 2.90. The van der Waals surface area contributed by atoms with E-state index in [9.17, 15) is 14.9 Å². The number of carbonyl (C=O) groups excluding carboxylic acids is 1. The lowest BCUT2D eigenvalue weighted by atomic mass is 10.1. The molecule has 0 bridgehead atoms. The number of rotatable bonds is 6. The van der Waals surface area contributed by atoms with Crippen LogP contribution in [-0.2, 0) is 11.4 Å². The Morgan fingerprint density at radius 3 is 2.48 bits per heavy atom. The van der Waals surface area contributed by atoms with Crippen LogP contribution in [0, 0.1) is 10.1 Å². The van der Waals surface area contributed by atoms with Gasteiger partial charge in [-0.05, 0) is 60.6 Å². The van der Waals surface area contributed by atoms with E-state index in [1.807, 2.05) is 6.92 Å². The molecule has 0 N–H and O–H groups in total. The number of non-ortho nitro benzene ring substituents is 1. The molecule has 150 valence electrons. The largest absolute Gasteiger partial charge is 0.487 e. The number of likely N-dealkylation sites (N-methyl/N-ethyl adjacent to an activating group) is 2. The quantitative estimate of drug-likeness (QED) is 0.294. The van der Waals surface area contributed by atoms with Crippen LogP contribution in [0.5, 0.6) is 5.75 Å². The summed E-state index contributed by atoms with van der Waals surface area (Å²) in [6.45, 7) is 2.60. The molecule has 3 rings (SSSR count).